The third kappa shape index (κ3) is 3.07. The summed E-state index contributed by atoms with van der Waals surface area (Å²) in [4.78, 5) is 0. The van der Waals surface area contributed by atoms with Crippen LogP contribution in [0.1, 0.15) is 19.4 Å². The van der Waals surface area contributed by atoms with Gasteiger partial charge in [0.2, 0.25) is 0 Å². The van der Waals surface area contributed by atoms with Gasteiger partial charge in [-0.2, -0.15) is 0 Å². The molecule has 0 amide bonds. The summed E-state index contributed by atoms with van der Waals surface area (Å²) in [5, 5.41) is 8.80. The largest absolute Gasteiger partial charge is 0.488 e. The Morgan fingerprint density at radius 1 is 1.46 bits per heavy atom. The third-order valence-electron chi connectivity index (χ3n) is 1.90. The minimum atomic E-state index is -0.132. The molecule has 72 valence electrons. The average Bonchev–Trinajstić information content (AvgIpc) is 2.18. The van der Waals surface area contributed by atoms with Gasteiger partial charge in [-0.05, 0) is 31.0 Å². The van der Waals surface area contributed by atoms with Gasteiger partial charge in [-0.25, -0.2) is 0 Å². The summed E-state index contributed by atoms with van der Waals surface area (Å²) in [5.74, 6) is 0.834. The van der Waals surface area contributed by atoms with Crippen molar-refractivity contribution in [2.75, 3.05) is 6.61 Å². The van der Waals surface area contributed by atoms with Gasteiger partial charge in [0, 0.05) is 0 Å². The highest BCUT2D eigenvalue weighted by Gasteiger charge is 2.01. The van der Waals surface area contributed by atoms with E-state index in [0.717, 1.165) is 12.2 Å². The summed E-state index contributed by atoms with van der Waals surface area (Å²) >= 11 is 0. The zero-order valence-electron chi connectivity index (χ0n) is 8.16. The van der Waals surface area contributed by atoms with Crippen LogP contribution < -0.4 is 4.74 Å². The van der Waals surface area contributed by atoms with Crippen molar-refractivity contribution in [2.24, 2.45) is 0 Å². The van der Waals surface area contributed by atoms with Crippen LogP contribution in [-0.2, 0) is 6.42 Å². The molecule has 2 heteroatoms. The number of hydrogen-bond donors (Lipinski definition) is 1. The van der Waals surface area contributed by atoms with E-state index in [9.17, 15) is 0 Å². The van der Waals surface area contributed by atoms with Crippen molar-refractivity contribution in [3.8, 4) is 5.75 Å². The molecule has 1 unspecified atom stereocenters. The number of rotatable bonds is 4. The Hall–Kier alpha value is -1.02. The van der Waals surface area contributed by atoms with Gasteiger partial charge >= 0.3 is 0 Å². The van der Waals surface area contributed by atoms with E-state index in [-0.39, 0.29) is 12.7 Å². The van der Waals surface area contributed by atoms with E-state index >= 15 is 0 Å². The molecule has 0 saturated carbocycles. The van der Waals surface area contributed by atoms with Crippen LogP contribution in [0.3, 0.4) is 0 Å². The van der Waals surface area contributed by atoms with E-state index < -0.39 is 0 Å². The molecule has 1 aromatic carbocycles. The van der Waals surface area contributed by atoms with Gasteiger partial charge in [-0.3, -0.25) is 0 Å². The molecule has 0 bridgehead atoms. The van der Waals surface area contributed by atoms with Gasteiger partial charge in [-0.15, -0.1) is 0 Å². The van der Waals surface area contributed by atoms with Crippen molar-refractivity contribution in [2.45, 2.75) is 26.4 Å². The molecule has 13 heavy (non-hydrogen) atoms. The van der Waals surface area contributed by atoms with Crippen LogP contribution in [0, 0.1) is 0 Å². The van der Waals surface area contributed by atoms with Crippen molar-refractivity contribution in [3.63, 3.8) is 0 Å². The van der Waals surface area contributed by atoms with Crippen LogP contribution in [0.4, 0.5) is 0 Å². The molecule has 0 spiro atoms. The fourth-order valence-corrected chi connectivity index (χ4v) is 1.11. The lowest BCUT2D eigenvalue weighted by molar-refractivity contribution is 0.129. The summed E-state index contributed by atoms with van der Waals surface area (Å²) in [7, 11) is 0. The van der Waals surface area contributed by atoms with Gasteiger partial charge in [0.1, 0.15) is 11.9 Å². The predicted octanol–water partition coefficient (Wildman–Crippen LogP) is 2.01. The van der Waals surface area contributed by atoms with E-state index in [0.29, 0.717) is 0 Å². The van der Waals surface area contributed by atoms with Crippen LogP contribution in [-0.4, -0.2) is 17.8 Å². The molecule has 0 aromatic heterocycles. The molecular formula is C11H16O2. The average molecular weight is 180 g/mol. The number of aliphatic hydroxyl groups excluding tert-OH is 1. The Kier molecular flexibility index (Phi) is 3.77. The van der Waals surface area contributed by atoms with Crippen LogP contribution >= 0.6 is 0 Å². The Morgan fingerprint density at radius 3 is 2.85 bits per heavy atom. The summed E-state index contributed by atoms with van der Waals surface area (Å²) in [5.41, 5.74) is 1.25. The maximum Gasteiger partial charge on any atom is 0.120 e. The van der Waals surface area contributed by atoms with E-state index in [1.54, 1.807) is 0 Å². The number of ether oxygens (including phenoxy) is 1. The van der Waals surface area contributed by atoms with Crippen molar-refractivity contribution in [1.29, 1.82) is 0 Å². The number of benzene rings is 1. The topological polar surface area (TPSA) is 29.5 Å². The SMILES string of the molecule is CCc1cccc(OC(C)CO)c1. The monoisotopic (exact) mass is 180 g/mol. The molecule has 0 aliphatic rings. The highest BCUT2D eigenvalue weighted by atomic mass is 16.5. The Bertz CT molecular complexity index is 258. The summed E-state index contributed by atoms with van der Waals surface area (Å²) in [6.07, 6.45) is 0.872. The second-order valence-electron chi connectivity index (χ2n) is 3.11. The van der Waals surface area contributed by atoms with Gasteiger partial charge in [0.15, 0.2) is 0 Å². The molecule has 2 nitrogen and oxygen atoms in total. The molecule has 0 aliphatic carbocycles. The first-order valence-corrected chi connectivity index (χ1v) is 4.62. The van der Waals surface area contributed by atoms with Gasteiger partial charge < -0.3 is 9.84 Å². The third-order valence-corrected chi connectivity index (χ3v) is 1.90. The molecule has 1 atom stereocenters. The lowest BCUT2D eigenvalue weighted by atomic mass is 10.2. The van der Waals surface area contributed by atoms with Crippen LogP contribution in [0.25, 0.3) is 0 Å². The number of aliphatic hydroxyl groups is 1. The summed E-state index contributed by atoms with van der Waals surface area (Å²) < 4.78 is 5.46. The number of hydrogen-bond acceptors (Lipinski definition) is 2. The fraction of sp³-hybridized carbons (Fsp3) is 0.455. The minimum Gasteiger partial charge on any atom is -0.488 e. The van der Waals surface area contributed by atoms with Crippen molar-refractivity contribution >= 4 is 0 Å². The van der Waals surface area contributed by atoms with Crippen molar-refractivity contribution in [1.82, 2.24) is 0 Å². The highest BCUT2D eigenvalue weighted by molar-refractivity contribution is 5.28. The van der Waals surface area contributed by atoms with Gasteiger partial charge in [0.25, 0.3) is 0 Å². The van der Waals surface area contributed by atoms with Crippen LogP contribution in [0.5, 0.6) is 5.75 Å². The van der Waals surface area contributed by atoms with Gasteiger partial charge in [-0.1, -0.05) is 19.1 Å². The van der Waals surface area contributed by atoms with E-state index in [2.05, 4.69) is 13.0 Å². The second-order valence-corrected chi connectivity index (χ2v) is 3.11. The minimum absolute atomic E-state index is 0.0519. The normalized spacial score (nSPS) is 12.5. The Balaban J connectivity index is 2.66. The lowest BCUT2D eigenvalue weighted by Gasteiger charge is -2.12. The molecule has 0 fully saturated rings. The Labute approximate surface area is 79.2 Å². The van der Waals surface area contributed by atoms with E-state index in [4.69, 9.17) is 9.84 Å². The van der Waals surface area contributed by atoms with Crippen LogP contribution in [0.2, 0.25) is 0 Å². The van der Waals surface area contributed by atoms with E-state index in [1.165, 1.54) is 5.56 Å². The first-order valence-electron chi connectivity index (χ1n) is 4.62. The zero-order valence-corrected chi connectivity index (χ0v) is 8.16. The lowest BCUT2D eigenvalue weighted by Crippen LogP contribution is -2.16. The first kappa shape index (κ1) is 10.1. The standard InChI is InChI=1S/C11H16O2/c1-3-10-5-4-6-11(7-10)13-9(2)8-12/h4-7,9,12H,3,8H2,1-2H3. The molecule has 1 N–H and O–H groups in total. The summed E-state index contributed by atoms with van der Waals surface area (Å²) in [6.45, 7) is 4.00. The second kappa shape index (κ2) is 4.87. The highest BCUT2D eigenvalue weighted by Crippen LogP contribution is 2.14. The molecular weight excluding hydrogens is 164 g/mol. The maximum absolute atomic E-state index is 8.80. The van der Waals surface area contributed by atoms with Crippen molar-refractivity contribution < 1.29 is 9.84 Å². The molecule has 0 aliphatic heterocycles. The molecule has 1 rings (SSSR count). The van der Waals surface area contributed by atoms with E-state index in [1.807, 2.05) is 25.1 Å². The molecule has 1 aromatic rings. The molecule has 0 radical (unpaired) electrons. The first-order chi connectivity index (χ1) is 6.26. The zero-order chi connectivity index (χ0) is 9.68. The maximum atomic E-state index is 8.80. The smallest absolute Gasteiger partial charge is 0.120 e. The predicted molar refractivity (Wildman–Crippen MR) is 53.0 cm³/mol. The quantitative estimate of drug-likeness (QED) is 0.768. The van der Waals surface area contributed by atoms with Crippen molar-refractivity contribution in [3.05, 3.63) is 29.8 Å². The molecule has 0 heterocycles. The molecule has 0 saturated heterocycles. The van der Waals surface area contributed by atoms with Gasteiger partial charge in [0.05, 0.1) is 6.61 Å². The number of aryl methyl sites for hydroxylation is 1. The Morgan fingerprint density at radius 2 is 2.23 bits per heavy atom. The fourth-order valence-electron chi connectivity index (χ4n) is 1.11. The summed E-state index contributed by atoms with van der Waals surface area (Å²) in [6, 6.07) is 7.95. The van der Waals surface area contributed by atoms with Crippen LogP contribution in [0.15, 0.2) is 24.3 Å².